The standard InChI is InChI=1S/C19H23N5O2.2C2HF3O2/c1-14-3-2-4-17(23-14)9-24-8-16-10-26-13-19(16,12-24)11-20-18(25)15-5-6-21-22-7-15;2*3-2(4,5)1(6)7/h2-7,16H,8-13H2,1H3,(H,20,25);2*(H,6,7)/t16-,19+;;/m1../s1. The quantitative estimate of drug-likeness (QED) is 0.448. The van der Waals surface area contributed by atoms with Crippen molar-refractivity contribution in [3.05, 3.63) is 53.6 Å². The lowest BCUT2D eigenvalue weighted by Gasteiger charge is -2.27. The molecule has 40 heavy (non-hydrogen) atoms. The Balaban J connectivity index is 0.000000333. The highest BCUT2D eigenvalue weighted by Crippen LogP contribution is 2.41. The van der Waals surface area contributed by atoms with Gasteiger partial charge < -0.3 is 20.3 Å². The number of aryl methyl sites for hydroxylation is 1. The molecule has 2 saturated heterocycles. The zero-order valence-electron chi connectivity index (χ0n) is 20.9. The SMILES string of the molecule is Cc1cccc(CN2C[C@@H]3COC[C@]3(CNC(=O)c3ccnnc3)C2)n1.O=C(O)C(F)(F)F.O=C(O)C(F)(F)F. The van der Waals surface area contributed by atoms with Crippen LogP contribution < -0.4 is 5.32 Å². The van der Waals surface area contributed by atoms with Crippen LogP contribution in [0, 0.1) is 18.3 Å². The highest BCUT2D eigenvalue weighted by atomic mass is 19.4. The van der Waals surface area contributed by atoms with Crippen LogP contribution in [-0.4, -0.2) is 93.3 Å². The smallest absolute Gasteiger partial charge is 0.475 e. The van der Waals surface area contributed by atoms with Crippen LogP contribution in [0.15, 0.2) is 36.7 Å². The van der Waals surface area contributed by atoms with Crippen LogP contribution in [-0.2, 0) is 20.9 Å². The van der Waals surface area contributed by atoms with Gasteiger partial charge in [0.05, 0.1) is 36.9 Å². The van der Waals surface area contributed by atoms with Gasteiger partial charge in [-0.2, -0.15) is 36.5 Å². The molecule has 0 radical (unpaired) electrons. The highest BCUT2D eigenvalue weighted by Gasteiger charge is 2.50. The number of carboxylic acids is 2. The number of pyridine rings is 1. The van der Waals surface area contributed by atoms with Crippen LogP contribution in [0.1, 0.15) is 21.7 Å². The molecule has 11 nitrogen and oxygen atoms in total. The van der Waals surface area contributed by atoms with Crippen LogP contribution in [0.5, 0.6) is 0 Å². The second-order valence-electron chi connectivity index (χ2n) is 8.93. The number of halogens is 6. The van der Waals surface area contributed by atoms with E-state index >= 15 is 0 Å². The molecule has 3 N–H and O–H groups in total. The molecule has 4 rings (SSSR count). The van der Waals surface area contributed by atoms with Gasteiger partial charge in [-0.05, 0) is 25.1 Å². The molecule has 2 fully saturated rings. The van der Waals surface area contributed by atoms with Crippen molar-refractivity contribution in [3.8, 4) is 0 Å². The van der Waals surface area contributed by atoms with Gasteiger partial charge in [-0.3, -0.25) is 14.7 Å². The molecule has 2 aliphatic rings. The fraction of sp³-hybridized carbons (Fsp3) is 0.478. The van der Waals surface area contributed by atoms with Gasteiger partial charge >= 0.3 is 24.3 Å². The fourth-order valence-corrected chi connectivity index (χ4v) is 4.01. The summed E-state index contributed by atoms with van der Waals surface area (Å²) in [4.78, 5) is 37.2. The molecule has 1 amide bonds. The number of nitrogens with one attached hydrogen (secondary N) is 1. The Morgan fingerprint density at radius 2 is 1.70 bits per heavy atom. The molecule has 0 aliphatic carbocycles. The van der Waals surface area contributed by atoms with Gasteiger partial charge in [-0.25, -0.2) is 9.59 Å². The summed E-state index contributed by atoms with van der Waals surface area (Å²) in [6.07, 6.45) is -7.15. The van der Waals surface area contributed by atoms with Crippen molar-refractivity contribution in [3.63, 3.8) is 0 Å². The molecule has 17 heteroatoms. The summed E-state index contributed by atoms with van der Waals surface area (Å²) in [7, 11) is 0. The molecule has 2 aromatic heterocycles. The summed E-state index contributed by atoms with van der Waals surface area (Å²) in [5, 5.41) is 24.8. The predicted molar refractivity (Wildman–Crippen MR) is 123 cm³/mol. The summed E-state index contributed by atoms with van der Waals surface area (Å²) in [6.45, 7) is 6.78. The molecule has 220 valence electrons. The van der Waals surface area contributed by atoms with Crippen LogP contribution in [0.25, 0.3) is 0 Å². The van der Waals surface area contributed by atoms with E-state index < -0.39 is 24.3 Å². The molecule has 2 aliphatic heterocycles. The van der Waals surface area contributed by atoms with E-state index in [1.165, 1.54) is 12.4 Å². The van der Waals surface area contributed by atoms with E-state index in [-0.39, 0.29) is 11.3 Å². The normalized spacial score (nSPS) is 20.3. The Morgan fingerprint density at radius 3 is 2.23 bits per heavy atom. The maximum atomic E-state index is 12.4. The Bertz CT molecular complexity index is 1140. The Hall–Kier alpha value is -3.86. The average Bonchev–Trinajstić information content (AvgIpc) is 3.39. The zero-order valence-corrected chi connectivity index (χ0v) is 20.9. The Labute approximate surface area is 223 Å². The van der Waals surface area contributed by atoms with Gasteiger partial charge in [-0.1, -0.05) is 6.07 Å². The third-order valence-electron chi connectivity index (χ3n) is 5.86. The lowest BCUT2D eigenvalue weighted by molar-refractivity contribution is -0.193. The minimum absolute atomic E-state index is 0.0278. The van der Waals surface area contributed by atoms with Crippen LogP contribution in [0.4, 0.5) is 26.3 Å². The van der Waals surface area contributed by atoms with Gasteiger partial charge in [0.15, 0.2) is 0 Å². The minimum Gasteiger partial charge on any atom is -0.475 e. The molecule has 0 aromatic carbocycles. The number of carbonyl (C=O) groups is 3. The number of amides is 1. The summed E-state index contributed by atoms with van der Waals surface area (Å²) in [6, 6.07) is 7.81. The number of rotatable bonds is 5. The molecule has 0 spiro atoms. The largest absolute Gasteiger partial charge is 0.490 e. The number of hydrogen-bond donors (Lipinski definition) is 3. The molecule has 2 atom stereocenters. The molecule has 0 bridgehead atoms. The maximum absolute atomic E-state index is 12.4. The van der Waals surface area contributed by atoms with Gasteiger partial charge in [0, 0.05) is 43.2 Å². The summed E-state index contributed by atoms with van der Waals surface area (Å²) in [5.41, 5.74) is 2.64. The number of fused-ring (bicyclic) bond motifs is 1. The topological polar surface area (TPSA) is 155 Å². The lowest BCUT2D eigenvalue weighted by atomic mass is 9.81. The number of carboxylic acid groups (broad SMARTS) is 2. The summed E-state index contributed by atoms with van der Waals surface area (Å²) in [5.74, 6) is -5.19. The maximum Gasteiger partial charge on any atom is 0.490 e. The number of carbonyl (C=O) groups excluding carboxylic acids is 1. The first-order chi connectivity index (χ1) is 18.5. The van der Waals surface area contributed by atoms with E-state index in [0.717, 1.165) is 37.6 Å². The van der Waals surface area contributed by atoms with Crippen molar-refractivity contribution in [1.29, 1.82) is 0 Å². The first-order valence-electron chi connectivity index (χ1n) is 11.4. The van der Waals surface area contributed by atoms with Gasteiger partial charge in [0.2, 0.25) is 0 Å². The number of alkyl halides is 6. The number of hydrogen-bond acceptors (Lipinski definition) is 8. The van der Waals surface area contributed by atoms with Crippen molar-refractivity contribution in [2.24, 2.45) is 11.3 Å². The number of aromatic nitrogens is 3. The second kappa shape index (κ2) is 13.5. The van der Waals surface area contributed by atoms with Gasteiger partial charge in [-0.15, -0.1) is 0 Å². The van der Waals surface area contributed by atoms with E-state index in [0.29, 0.717) is 24.6 Å². The van der Waals surface area contributed by atoms with E-state index in [2.05, 4.69) is 37.5 Å². The van der Waals surface area contributed by atoms with E-state index in [1.807, 2.05) is 13.0 Å². The van der Waals surface area contributed by atoms with E-state index in [9.17, 15) is 31.1 Å². The molecule has 4 heterocycles. The third-order valence-corrected chi connectivity index (χ3v) is 5.86. The monoisotopic (exact) mass is 581 g/mol. The number of aliphatic carboxylic acids is 2. The van der Waals surface area contributed by atoms with Crippen LogP contribution in [0.2, 0.25) is 0 Å². The minimum atomic E-state index is -5.08. The van der Waals surface area contributed by atoms with Crippen molar-refractivity contribution in [1.82, 2.24) is 25.4 Å². The van der Waals surface area contributed by atoms with Crippen molar-refractivity contribution < 1.29 is 55.7 Å². The third kappa shape index (κ3) is 9.71. The summed E-state index contributed by atoms with van der Waals surface area (Å²) >= 11 is 0. The fourth-order valence-electron chi connectivity index (χ4n) is 4.01. The van der Waals surface area contributed by atoms with Crippen molar-refractivity contribution in [2.45, 2.75) is 25.8 Å². The molecular formula is C23H25F6N5O6. The number of likely N-dealkylation sites (tertiary alicyclic amines) is 1. The van der Waals surface area contributed by atoms with Crippen molar-refractivity contribution >= 4 is 17.8 Å². The second-order valence-corrected chi connectivity index (χ2v) is 8.93. The molecule has 2 aromatic rings. The van der Waals surface area contributed by atoms with Gasteiger partial charge in [0.25, 0.3) is 5.91 Å². The highest BCUT2D eigenvalue weighted by molar-refractivity contribution is 5.93. The number of nitrogens with zero attached hydrogens (tertiary/aromatic N) is 4. The zero-order chi connectivity index (χ0) is 30.1. The predicted octanol–water partition coefficient (Wildman–Crippen LogP) is 2.33. The van der Waals surface area contributed by atoms with E-state index in [4.69, 9.17) is 24.5 Å². The van der Waals surface area contributed by atoms with E-state index in [1.54, 1.807) is 6.07 Å². The molecular weight excluding hydrogens is 556 g/mol. The first kappa shape index (κ1) is 32.4. The first-order valence-corrected chi connectivity index (χ1v) is 11.4. The molecule has 0 saturated carbocycles. The summed E-state index contributed by atoms with van der Waals surface area (Å²) < 4.78 is 69.2. The number of ether oxygens (including phenoxy) is 1. The van der Waals surface area contributed by atoms with Crippen LogP contribution >= 0.6 is 0 Å². The molecule has 0 unspecified atom stereocenters. The van der Waals surface area contributed by atoms with Crippen molar-refractivity contribution in [2.75, 3.05) is 32.8 Å². The van der Waals surface area contributed by atoms with Crippen LogP contribution in [0.3, 0.4) is 0 Å². The Kier molecular flexibility index (Phi) is 10.9. The Morgan fingerprint density at radius 1 is 1.07 bits per heavy atom. The lowest BCUT2D eigenvalue weighted by Crippen LogP contribution is -2.43. The van der Waals surface area contributed by atoms with Gasteiger partial charge in [0.1, 0.15) is 0 Å². The average molecular weight is 581 g/mol.